The average Bonchev–Trinajstić information content (AvgIpc) is 3.17. The van der Waals surface area contributed by atoms with Crippen LogP contribution >= 0.6 is 11.8 Å². The zero-order chi connectivity index (χ0) is 14.8. The Hall–Kier alpha value is -1.15. The first-order chi connectivity index (χ1) is 9.49. The summed E-state index contributed by atoms with van der Waals surface area (Å²) in [5.74, 6) is 0.693. The molecule has 0 aromatic carbocycles. The van der Waals surface area contributed by atoms with Gasteiger partial charge in [0.25, 0.3) is 0 Å². The molecule has 1 aromatic rings. The van der Waals surface area contributed by atoms with Crippen molar-refractivity contribution in [1.82, 2.24) is 25.5 Å². The predicted molar refractivity (Wildman–Crippen MR) is 75.3 cm³/mol. The molecule has 1 fully saturated rings. The van der Waals surface area contributed by atoms with Gasteiger partial charge in [-0.05, 0) is 43.0 Å². The van der Waals surface area contributed by atoms with Crippen LogP contribution in [0.25, 0.3) is 0 Å². The van der Waals surface area contributed by atoms with Crippen LogP contribution in [0.2, 0.25) is 0 Å². The Balaban J connectivity index is 2.16. The van der Waals surface area contributed by atoms with E-state index >= 15 is 0 Å². The highest BCUT2D eigenvalue weighted by atomic mass is 32.2. The van der Waals surface area contributed by atoms with Crippen LogP contribution in [0.4, 0.5) is 0 Å². The first-order valence-corrected chi connectivity index (χ1v) is 7.69. The smallest absolute Gasteiger partial charge is 0.327 e. The summed E-state index contributed by atoms with van der Waals surface area (Å²) in [5, 5.41) is 15.5. The van der Waals surface area contributed by atoms with Crippen LogP contribution in [-0.4, -0.2) is 50.6 Å². The molecule has 1 unspecified atom stereocenters. The third-order valence-corrected chi connectivity index (χ3v) is 4.58. The minimum Gasteiger partial charge on any atom is -0.468 e. The van der Waals surface area contributed by atoms with Crippen molar-refractivity contribution < 1.29 is 9.53 Å². The molecule has 112 valence electrons. The van der Waals surface area contributed by atoms with Crippen molar-refractivity contribution in [3.8, 4) is 0 Å². The highest BCUT2D eigenvalue weighted by Crippen LogP contribution is 2.43. The van der Waals surface area contributed by atoms with Gasteiger partial charge in [-0.2, -0.15) is 0 Å². The number of methoxy groups -OCH3 is 1. The molecule has 1 heterocycles. The van der Waals surface area contributed by atoms with Gasteiger partial charge in [0.05, 0.1) is 7.11 Å². The second-order valence-corrected chi connectivity index (χ2v) is 6.35. The fraction of sp³-hybridized carbons (Fsp3) is 0.833. The van der Waals surface area contributed by atoms with Gasteiger partial charge < -0.3 is 4.74 Å². The Morgan fingerprint density at radius 1 is 1.60 bits per heavy atom. The predicted octanol–water partition coefficient (Wildman–Crippen LogP) is 0.622. The van der Waals surface area contributed by atoms with Gasteiger partial charge in [0.2, 0.25) is 5.16 Å². The number of carbonyl (C=O) groups is 1. The van der Waals surface area contributed by atoms with Crippen LogP contribution in [0, 0.1) is 5.92 Å². The SMILES string of the molecule is COC(=O)C(CSc1nnnn1C)(NC(C)C)C1CC1. The molecule has 1 N–H and O–H groups in total. The second kappa shape index (κ2) is 6.09. The van der Waals surface area contributed by atoms with Crippen molar-refractivity contribution in [2.45, 2.75) is 43.4 Å². The van der Waals surface area contributed by atoms with Crippen LogP contribution < -0.4 is 5.32 Å². The maximum absolute atomic E-state index is 12.3. The van der Waals surface area contributed by atoms with E-state index in [0.29, 0.717) is 16.8 Å². The number of nitrogens with one attached hydrogen (secondary N) is 1. The summed E-state index contributed by atoms with van der Waals surface area (Å²) in [6.07, 6.45) is 2.10. The third-order valence-electron chi connectivity index (χ3n) is 3.38. The zero-order valence-electron chi connectivity index (χ0n) is 12.3. The molecule has 1 aliphatic rings. The first kappa shape index (κ1) is 15.2. The summed E-state index contributed by atoms with van der Waals surface area (Å²) in [4.78, 5) is 12.3. The van der Waals surface area contributed by atoms with Gasteiger partial charge in [0.15, 0.2) is 0 Å². The maximum Gasteiger partial charge on any atom is 0.327 e. The van der Waals surface area contributed by atoms with Crippen LogP contribution in [0.3, 0.4) is 0 Å². The molecular weight excluding hydrogens is 278 g/mol. The number of esters is 1. The molecule has 0 bridgehead atoms. The Morgan fingerprint density at radius 2 is 2.30 bits per heavy atom. The normalized spacial score (nSPS) is 18.1. The van der Waals surface area contributed by atoms with Crippen molar-refractivity contribution in [2.24, 2.45) is 13.0 Å². The molecule has 20 heavy (non-hydrogen) atoms. The summed E-state index contributed by atoms with van der Waals surface area (Å²) in [7, 11) is 3.23. The van der Waals surface area contributed by atoms with Gasteiger partial charge in [-0.1, -0.05) is 11.8 Å². The first-order valence-electron chi connectivity index (χ1n) is 6.71. The fourth-order valence-electron chi connectivity index (χ4n) is 2.36. The molecule has 8 heteroatoms. The summed E-state index contributed by atoms with van der Waals surface area (Å²) in [6.45, 7) is 4.07. The molecule has 0 saturated heterocycles. The van der Waals surface area contributed by atoms with E-state index in [1.54, 1.807) is 11.7 Å². The quantitative estimate of drug-likeness (QED) is 0.584. The van der Waals surface area contributed by atoms with Crippen molar-refractivity contribution in [2.75, 3.05) is 12.9 Å². The fourth-order valence-corrected chi connectivity index (χ4v) is 3.47. The number of ether oxygens (including phenoxy) is 1. The lowest BCUT2D eigenvalue weighted by Crippen LogP contribution is -2.59. The van der Waals surface area contributed by atoms with E-state index in [9.17, 15) is 4.79 Å². The lowest BCUT2D eigenvalue weighted by atomic mass is 9.94. The third kappa shape index (κ3) is 3.12. The van der Waals surface area contributed by atoms with Crippen molar-refractivity contribution >= 4 is 17.7 Å². The largest absolute Gasteiger partial charge is 0.468 e. The standard InChI is InChI=1S/C12H21N5O2S/c1-8(2)13-12(9-5-6-9,10(18)19-4)7-20-11-14-15-16-17(11)3/h8-9,13H,5-7H2,1-4H3. The number of rotatable bonds is 7. The van der Waals surface area contributed by atoms with Crippen molar-refractivity contribution in [1.29, 1.82) is 0 Å². The summed E-state index contributed by atoms with van der Waals surface area (Å²) in [6, 6.07) is 0.202. The summed E-state index contributed by atoms with van der Waals surface area (Å²) < 4.78 is 6.65. The molecule has 0 radical (unpaired) electrons. The number of thioether (sulfide) groups is 1. The Kier molecular flexibility index (Phi) is 4.64. The van der Waals surface area contributed by atoms with E-state index in [4.69, 9.17) is 4.74 Å². The molecule has 0 amide bonds. The zero-order valence-corrected chi connectivity index (χ0v) is 13.1. The van der Waals surface area contributed by atoms with Crippen LogP contribution in [0.1, 0.15) is 26.7 Å². The van der Waals surface area contributed by atoms with Crippen LogP contribution in [0.15, 0.2) is 5.16 Å². The van der Waals surface area contributed by atoms with Crippen LogP contribution in [-0.2, 0) is 16.6 Å². The van der Waals surface area contributed by atoms with E-state index in [2.05, 4.69) is 20.8 Å². The minimum absolute atomic E-state index is 0.198. The monoisotopic (exact) mass is 299 g/mol. The number of hydrogen-bond acceptors (Lipinski definition) is 7. The van der Waals surface area contributed by atoms with Gasteiger partial charge in [-0.25, -0.2) is 4.68 Å². The molecule has 0 aliphatic heterocycles. The van der Waals surface area contributed by atoms with E-state index in [-0.39, 0.29) is 12.0 Å². The van der Waals surface area contributed by atoms with Gasteiger partial charge in [0.1, 0.15) is 5.54 Å². The highest BCUT2D eigenvalue weighted by molar-refractivity contribution is 7.99. The highest BCUT2D eigenvalue weighted by Gasteiger charge is 2.52. The molecule has 2 rings (SSSR count). The Morgan fingerprint density at radius 3 is 2.75 bits per heavy atom. The van der Waals surface area contributed by atoms with Gasteiger partial charge in [-0.3, -0.25) is 10.1 Å². The van der Waals surface area contributed by atoms with E-state index < -0.39 is 5.54 Å². The summed E-state index contributed by atoms with van der Waals surface area (Å²) >= 11 is 1.48. The molecule has 1 aromatic heterocycles. The van der Waals surface area contributed by atoms with E-state index in [1.807, 2.05) is 13.8 Å². The average molecular weight is 299 g/mol. The van der Waals surface area contributed by atoms with Crippen molar-refractivity contribution in [3.05, 3.63) is 0 Å². The lowest BCUT2D eigenvalue weighted by molar-refractivity contribution is -0.148. The van der Waals surface area contributed by atoms with Gasteiger partial charge in [0, 0.05) is 18.8 Å². The van der Waals surface area contributed by atoms with E-state index in [1.165, 1.54) is 18.9 Å². The molecule has 7 nitrogen and oxygen atoms in total. The Labute approximate surface area is 122 Å². The molecule has 1 aliphatic carbocycles. The Bertz CT molecular complexity index is 474. The second-order valence-electron chi connectivity index (χ2n) is 5.41. The number of nitrogens with zero attached hydrogens (tertiary/aromatic N) is 4. The van der Waals surface area contributed by atoms with Gasteiger partial charge in [-0.15, -0.1) is 5.10 Å². The van der Waals surface area contributed by atoms with Crippen LogP contribution in [0.5, 0.6) is 0 Å². The number of aromatic nitrogens is 4. The van der Waals surface area contributed by atoms with E-state index in [0.717, 1.165) is 12.8 Å². The number of tetrazole rings is 1. The molecule has 0 spiro atoms. The van der Waals surface area contributed by atoms with Crippen molar-refractivity contribution in [3.63, 3.8) is 0 Å². The number of aryl methyl sites for hydroxylation is 1. The lowest BCUT2D eigenvalue weighted by Gasteiger charge is -2.33. The topological polar surface area (TPSA) is 81.9 Å². The summed E-state index contributed by atoms with van der Waals surface area (Å²) in [5.41, 5.74) is -0.653. The van der Waals surface area contributed by atoms with Gasteiger partial charge >= 0.3 is 5.97 Å². The molecule has 1 saturated carbocycles. The minimum atomic E-state index is -0.653. The molecule has 1 atom stereocenters. The number of carbonyl (C=O) groups excluding carboxylic acids is 1. The number of hydrogen-bond donors (Lipinski definition) is 1. The molecular formula is C12H21N5O2S. The maximum atomic E-state index is 12.3.